The molecule has 124 valence electrons. The van der Waals surface area contributed by atoms with Gasteiger partial charge in [-0.3, -0.25) is 0 Å². The van der Waals surface area contributed by atoms with E-state index in [1.165, 1.54) is 21.1 Å². The van der Waals surface area contributed by atoms with E-state index in [4.69, 9.17) is 5.11 Å². The van der Waals surface area contributed by atoms with Crippen LogP contribution in [0.15, 0.2) is 17.2 Å². The first-order valence-electron chi connectivity index (χ1n) is 7.37. The highest BCUT2D eigenvalue weighted by molar-refractivity contribution is 7.89. The van der Waals surface area contributed by atoms with Crippen molar-refractivity contribution in [2.24, 2.45) is 0 Å². The molecule has 22 heavy (non-hydrogen) atoms. The molecule has 1 atom stereocenters. The van der Waals surface area contributed by atoms with Gasteiger partial charge in [0.1, 0.15) is 10.6 Å². The summed E-state index contributed by atoms with van der Waals surface area (Å²) in [6.07, 6.45) is 3.18. The molecule has 1 aliphatic heterocycles. The van der Waals surface area contributed by atoms with Crippen LogP contribution in [0.5, 0.6) is 0 Å². The highest BCUT2D eigenvalue weighted by Gasteiger charge is 2.32. The van der Waals surface area contributed by atoms with Crippen LogP contribution in [0.25, 0.3) is 0 Å². The van der Waals surface area contributed by atoms with Gasteiger partial charge in [0.05, 0.1) is 0 Å². The Balaban J connectivity index is 2.31. The van der Waals surface area contributed by atoms with E-state index in [1.54, 1.807) is 14.0 Å². The van der Waals surface area contributed by atoms with Gasteiger partial charge in [0, 0.05) is 32.4 Å². The number of aromatic carboxylic acids is 1. The van der Waals surface area contributed by atoms with Crippen LogP contribution in [-0.2, 0) is 16.6 Å². The number of carboxylic acid groups (broad SMARTS) is 1. The molecule has 1 unspecified atom stereocenters. The summed E-state index contributed by atoms with van der Waals surface area (Å²) in [6, 6.07) is 1.16. The summed E-state index contributed by atoms with van der Waals surface area (Å²) in [7, 11) is -0.138. The first-order chi connectivity index (χ1) is 10.3. The van der Waals surface area contributed by atoms with E-state index in [-0.39, 0.29) is 16.6 Å². The molecule has 7 nitrogen and oxygen atoms in total. The SMILES string of the molecule is CCn1cc(S(=O)(=O)N(C)C2CCCN(C)C2)cc1C(=O)O. The highest BCUT2D eigenvalue weighted by Crippen LogP contribution is 2.23. The third-order valence-corrected chi connectivity index (χ3v) is 6.10. The third-order valence-electron chi connectivity index (χ3n) is 4.22. The number of piperidine rings is 1. The monoisotopic (exact) mass is 329 g/mol. The fraction of sp³-hybridized carbons (Fsp3) is 0.643. The quantitative estimate of drug-likeness (QED) is 0.868. The van der Waals surface area contributed by atoms with Gasteiger partial charge in [0.2, 0.25) is 10.0 Å². The zero-order valence-electron chi connectivity index (χ0n) is 13.2. The molecule has 2 rings (SSSR count). The van der Waals surface area contributed by atoms with Crippen LogP contribution in [0.3, 0.4) is 0 Å². The van der Waals surface area contributed by atoms with Crippen LogP contribution in [-0.4, -0.2) is 66.5 Å². The van der Waals surface area contributed by atoms with Gasteiger partial charge >= 0.3 is 5.97 Å². The minimum Gasteiger partial charge on any atom is -0.477 e. The summed E-state index contributed by atoms with van der Waals surface area (Å²) in [5.74, 6) is -1.12. The van der Waals surface area contributed by atoms with Crippen molar-refractivity contribution in [1.82, 2.24) is 13.8 Å². The minimum absolute atomic E-state index is 0.00441. The van der Waals surface area contributed by atoms with Crippen molar-refractivity contribution in [3.8, 4) is 0 Å². The van der Waals surface area contributed by atoms with Crippen molar-refractivity contribution in [1.29, 1.82) is 0 Å². The predicted octanol–water partition coefficient (Wildman–Crippen LogP) is 0.921. The number of hydrogen-bond donors (Lipinski definition) is 1. The maximum absolute atomic E-state index is 12.7. The Hall–Kier alpha value is -1.38. The lowest BCUT2D eigenvalue weighted by atomic mass is 10.1. The smallest absolute Gasteiger partial charge is 0.352 e. The molecule has 0 bridgehead atoms. The largest absolute Gasteiger partial charge is 0.477 e. The molecule has 1 saturated heterocycles. The number of aryl methyl sites for hydroxylation is 1. The summed E-state index contributed by atoms with van der Waals surface area (Å²) in [5, 5.41) is 9.16. The second-order valence-corrected chi connectivity index (χ2v) is 7.73. The van der Waals surface area contributed by atoms with Gasteiger partial charge in [-0.1, -0.05) is 0 Å². The van der Waals surface area contributed by atoms with E-state index in [9.17, 15) is 13.2 Å². The molecule has 0 saturated carbocycles. The number of hydrogen-bond acceptors (Lipinski definition) is 4. The number of carbonyl (C=O) groups is 1. The van der Waals surface area contributed by atoms with Gasteiger partial charge in [0.15, 0.2) is 0 Å². The van der Waals surface area contributed by atoms with Crippen LogP contribution in [0.2, 0.25) is 0 Å². The van der Waals surface area contributed by atoms with Crippen LogP contribution in [0, 0.1) is 0 Å². The normalized spacial score (nSPS) is 20.5. The topological polar surface area (TPSA) is 82.9 Å². The van der Waals surface area contributed by atoms with Crippen LogP contribution in [0.1, 0.15) is 30.3 Å². The van der Waals surface area contributed by atoms with Crippen molar-refractivity contribution in [3.05, 3.63) is 18.0 Å². The van der Waals surface area contributed by atoms with Gasteiger partial charge in [0.25, 0.3) is 0 Å². The Morgan fingerprint density at radius 2 is 2.18 bits per heavy atom. The molecule has 0 amide bonds. The summed E-state index contributed by atoms with van der Waals surface area (Å²) in [5.41, 5.74) is -0.00441. The molecular weight excluding hydrogens is 306 g/mol. The molecular formula is C14H23N3O4S. The second kappa shape index (κ2) is 6.39. The minimum atomic E-state index is -3.68. The third kappa shape index (κ3) is 3.18. The second-order valence-electron chi connectivity index (χ2n) is 5.73. The van der Waals surface area contributed by atoms with Gasteiger partial charge in [-0.05, 0) is 39.4 Å². The average molecular weight is 329 g/mol. The Morgan fingerprint density at radius 3 is 2.68 bits per heavy atom. The lowest BCUT2D eigenvalue weighted by molar-refractivity contribution is 0.0685. The molecule has 1 aliphatic rings. The van der Waals surface area contributed by atoms with E-state index in [0.29, 0.717) is 13.1 Å². The van der Waals surface area contributed by atoms with E-state index in [1.807, 2.05) is 7.05 Å². The molecule has 1 aromatic rings. The van der Waals surface area contributed by atoms with Crippen molar-refractivity contribution in [2.45, 2.75) is 37.2 Å². The molecule has 0 radical (unpaired) electrons. The number of nitrogens with zero attached hydrogens (tertiary/aromatic N) is 3. The molecule has 1 N–H and O–H groups in total. The van der Waals surface area contributed by atoms with Crippen LogP contribution >= 0.6 is 0 Å². The number of carboxylic acids is 1. The highest BCUT2D eigenvalue weighted by atomic mass is 32.2. The fourth-order valence-electron chi connectivity index (χ4n) is 2.86. The molecule has 0 spiro atoms. The Bertz CT molecular complexity index is 653. The molecule has 8 heteroatoms. The molecule has 1 aromatic heterocycles. The molecule has 0 aromatic carbocycles. The number of likely N-dealkylation sites (N-methyl/N-ethyl adjacent to an activating group) is 2. The van der Waals surface area contributed by atoms with Crippen LogP contribution < -0.4 is 0 Å². The average Bonchev–Trinajstić information content (AvgIpc) is 2.91. The predicted molar refractivity (Wildman–Crippen MR) is 82.5 cm³/mol. The first kappa shape index (κ1) is 17.0. The van der Waals surface area contributed by atoms with Crippen LogP contribution in [0.4, 0.5) is 0 Å². The summed E-state index contributed by atoms with van der Waals surface area (Å²) in [6.45, 7) is 3.85. The lowest BCUT2D eigenvalue weighted by Crippen LogP contribution is -2.47. The fourth-order valence-corrected chi connectivity index (χ4v) is 4.28. The Morgan fingerprint density at radius 1 is 1.50 bits per heavy atom. The van der Waals surface area contributed by atoms with Crippen molar-refractivity contribution in [3.63, 3.8) is 0 Å². The maximum Gasteiger partial charge on any atom is 0.352 e. The zero-order chi connectivity index (χ0) is 16.5. The number of rotatable bonds is 5. The summed E-state index contributed by atoms with van der Waals surface area (Å²) in [4.78, 5) is 13.4. The van der Waals surface area contributed by atoms with E-state index in [2.05, 4.69) is 4.90 Å². The van der Waals surface area contributed by atoms with Gasteiger partial charge < -0.3 is 14.6 Å². The summed E-state index contributed by atoms with van der Waals surface area (Å²) < 4.78 is 28.3. The first-order valence-corrected chi connectivity index (χ1v) is 8.81. The molecule has 0 aliphatic carbocycles. The van der Waals surface area contributed by atoms with Gasteiger partial charge in [-0.25, -0.2) is 13.2 Å². The van der Waals surface area contributed by atoms with Crippen molar-refractivity contribution < 1.29 is 18.3 Å². The Kier molecular flexibility index (Phi) is 4.93. The number of aromatic nitrogens is 1. The molecule has 1 fully saturated rings. The standard InChI is InChI=1S/C14H23N3O4S/c1-4-17-10-12(8-13(17)14(18)19)22(20,21)16(3)11-6-5-7-15(2)9-11/h8,10-11H,4-7,9H2,1-3H3,(H,18,19). The van der Waals surface area contributed by atoms with E-state index >= 15 is 0 Å². The zero-order valence-corrected chi connectivity index (χ0v) is 14.0. The lowest BCUT2D eigenvalue weighted by Gasteiger charge is -2.34. The van der Waals surface area contributed by atoms with Crippen molar-refractivity contribution in [2.75, 3.05) is 27.2 Å². The maximum atomic E-state index is 12.7. The van der Waals surface area contributed by atoms with Gasteiger partial charge in [-0.15, -0.1) is 0 Å². The Labute approximate surface area is 131 Å². The number of likely N-dealkylation sites (tertiary alicyclic amines) is 1. The van der Waals surface area contributed by atoms with Gasteiger partial charge in [-0.2, -0.15) is 4.31 Å². The van der Waals surface area contributed by atoms with Crippen molar-refractivity contribution >= 4 is 16.0 Å². The molecule has 2 heterocycles. The number of sulfonamides is 1. The van der Waals surface area contributed by atoms with E-state index in [0.717, 1.165) is 19.4 Å². The van der Waals surface area contributed by atoms with E-state index < -0.39 is 16.0 Å². The summed E-state index contributed by atoms with van der Waals surface area (Å²) >= 11 is 0.